The van der Waals surface area contributed by atoms with Gasteiger partial charge in [-0.2, -0.15) is 0 Å². The van der Waals surface area contributed by atoms with Crippen molar-refractivity contribution < 1.29 is 14.3 Å². The Bertz CT molecular complexity index is 752. The van der Waals surface area contributed by atoms with E-state index in [1.54, 1.807) is 31.2 Å². The van der Waals surface area contributed by atoms with Gasteiger partial charge in [-0.05, 0) is 37.1 Å². The van der Waals surface area contributed by atoms with E-state index in [1.165, 1.54) is 6.07 Å². The van der Waals surface area contributed by atoms with Gasteiger partial charge in [0.1, 0.15) is 5.58 Å². The monoisotopic (exact) mass is 318 g/mol. The van der Waals surface area contributed by atoms with Crippen molar-refractivity contribution >= 4 is 22.7 Å². The number of rotatable bonds is 5. The lowest BCUT2D eigenvalue weighted by molar-refractivity contribution is 0.00827. The zero-order valence-corrected chi connectivity index (χ0v) is 13.6. The minimum absolute atomic E-state index is 0.0753. The molecule has 23 heavy (non-hydrogen) atoms. The molecule has 0 spiro atoms. The number of fused-ring (bicyclic) bond motifs is 1. The average molecular weight is 318 g/mol. The fraction of sp³-hybridized carbons (Fsp3) is 0.412. The Morgan fingerprint density at radius 3 is 2.78 bits per heavy atom. The van der Waals surface area contributed by atoms with Crippen molar-refractivity contribution in [3.63, 3.8) is 0 Å². The minimum atomic E-state index is -0.959. The molecule has 124 valence electrons. The number of anilines is 1. The van der Waals surface area contributed by atoms with Crippen LogP contribution in [0.2, 0.25) is 0 Å². The standard InChI is InChI=1S/C17H22N2O4/c1-4-11(2)17(3,22)10-18-16(21)19-13-6-7-14-12(9-13)5-8-15(20)23-14/h5-9,11,22H,4,10H2,1-3H3,(H2,18,19,21). The van der Waals surface area contributed by atoms with Gasteiger partial charge in [0, 0.05) is 23.7 Å². The molecule has 2 aromatic rings. The number of urea groups is 1. The summed E-state index contributed by atoms with van der Waals surface area (Å²) in [7, 11) is 0. The van der Waals surface area contributed by atoms with Gasteiger partial charge >= 0.3 is 11.7 Å². The molecule has 6 nitrogen and oxygen atoms in total. The van der Waals surface area contributed by atoms with Gasteiger partial charge in [-0.25, -0.2) is 9.59 Å². The highest BCUT2D eigenvalue weighted by Crippen LogP contribution is 2.19. The summed E-state index contributed by atoms with van der Waals surface area (Å²) in [6, 6.07) is 7.56. The topological polar surface area (TPSA) is 91.6 Å². The Morgan fingerprint density at radius 2 is 2.09 bits per heavy atom. The van der Waals surface area contributed by atoms with Gasteiger partial charge in [0.05, 0.1) is 5.60 Å². The highest BCUT2D eigenvalue weighted by molar-refractivity contribution is 5.92. The SMILES string of the molecule is CCC(C)C(C)(O)CNC(=O)Nc1ccc2oc(=O)ccc2c1. The Morgan fingerprint density at radius 1 is 1.35 bits per heavy atom. The zero-order chi connectivity index (χ0) is 17.0. The van der Waals surface area contributed by atoms with E-state index < -0.39 is 17.3 Å². The van der Waals surface area contributed by atoms with Crippen LogP contribution in [0.1, 0.15) is 27.2 Å². The van der Waals surface area contributed by atoms with Crippen LogP contribution >= 0.6 is 0 Å². The predicted octanol–water partition coefficient (Wildman–Crippen LogP) is 2.71. The fourth-order valence-corrected chi connectivity index (χ4v) is 2.20. The molecule has 0 fully saturated rings. The largest absolute Gasteiger partial charge is 0.423 e. The zero-order valence-electron chi connectivity index (χ0n) is 13.6. The van der Waals surface area contributed by atoms with Gasteiger partial charge in [-0.3, -0.25) is 0 Å². The summed E-state index contributed by atoms with van der Waals surface area (Å²) in [5.74, 6) is 0.0753. The summed E-state index contributed by atoms with van der Waals surface area (Å²) in [5.41, 5.74) is -0.336. The van der Waals surface area contributed by atoms with E-state index in [2.05, 4.69) is 10.6 Å². The van der Waals surface area contributed by atoms with E-state index in [4.69, 9.17) is 4.42 Å². The van der Waals surface area contributed by atoms with Crippen LogP contribution in [0.25, 0.3) is 11.0 Å². The van der Waals surface area contributed by atoms with Crippen molar-refractivity contribution in [3.05, 3.63) is 40.8 Å². The normalized spacial score (nSPS) is 15.0. The maximum atomic E-state index is 12.0. The van der Waals surface area contributed by atoms with Crippen molar-refractivity contribution in [3.8, 4) is 0 Å². The van der Waals surface area contributed by atoms with Gasteiger partial charge in [0.2, 0.25) is 0 Å². The molecule has 0 bridgehead atoms. The highest BCUT2D eigenvalue weighted by atomic mass is 16.4. The molecule has 2 atom stereocenters. The molecule has 1 aromatic carbocycles. The third-order valence-electron chi connectivity index (χ3n) is 4.16. The van der Waals surface area contributed by atoms with Gasteiger partial charge in [-0.1, -0.05) is 20.3 Å². The first kappa shape index (κ1) is 17.0. The molecular weight excluding hydrogens is 296 g/mol. The van der Waals surface area contributed by atoms with Crippen LogP contribution in [0, 0.1) is 5.92 Å². The van der Waals surface area contributed by atoms with Crippen LogP contribution in [0.15, 0.2) is 39.5 Å². The summed E-state index contributed by atoms with van der Waals surface area (Å²) in [5, 5.41) is 16.4. The lowest BCUT2D eigenvalue weighted by Gasteiger charge is -2.29. The van der Waals surface area contributed by atoms with Gasteiger partial charge in [0.25, 0.3) is 0 Å². The summed E-state index contributed by atoms with van der Waals surface area (Å²) in [6.07, 6.45) is 0.826. The molecule has 1 aromatic heterocycles. The highest BCUT2D eigenvalue weighted by Gasteiger charge is 2.27. The predicted molar refractivity (Wildman–Crippen MR) is 89.6 cm³/mol. The van der Waals surface area contributed by atoms with E-state index in [9.17, 15) is 14.7 Å². The van der Waals surface area contributed by atoms with Gasteiger partial charge in [-0.15, -0.1) is 0 Å². The molecule has 0 aliphatic carbocycles. The number of hydrogen-bond acceptors (Lipinski definition) is 4. The van der Waals surface area contributed by atoms with Crippen LogP contribution in [-0.4, -0.2) is 23.3 Å². The molecule has 2 unspecified atom stereocenters. The maximum absolute atomic E-state index is 12.0. The smallest absolute Gasteiger partial charge is 0.336 e. The molecule has 0 aliphatic heterocycles. The Kier molecular flexibility index (Phi) is 5.05. The Hall–Kier alpha value is -2.34. The molecular formula is C17H22N2O4. The van der Waals surface area contributed by atoms with Crippen molar-refractivity contribution in [1.29, 1.82) is 0 Å². The van der Waals surface area contributed by atoms with Crippen molar-refractivity contribution in [2.24, 2.45) is 5.92 Å². The molecule has 3 N–H and O–H groups in total. The number of hydrogen-bond donors (Lipinski definition) is 3. The number of nitrogens with one attached hydrogen (secondary N) is 2. The first-order valence-electron chi connectivity index (χ1n) is 7.63. The van der Waals surface area contributed by atoms with E-state index in [0.717, 1.165) is 6.42 Å². The quantitative estimate of drug-likeness (QED) is 0.739. The van der Waals surface area contributed by atoms with E-state index in [0.29, 0.717) is 16.7 Å². The maximum Gasteiger partial charge on any atom is 0.336 e. The van der Waals surface area contributed by atoms with Crippen LogP contribution in [0.3, 0.4) is 0 Å². The molecule has 2 amide bonds. The molecule has 1 heterocycles. The van der Waals surface area contributed by atoms with Crippen LogP contribution in [0.4, 0.5) is 10.5 Å². The molecule has 0 radical (unpaired) electrons. The molecule has 0 saturated heterocycles. The molecule has 0 aliphatic rings. The van der Waals surface area contributed by atoms with E-state index in [-0.39, 0.29) is 12.5 Å². The van der Waals surface area contributed by atoms with Crippen LogP contribution in [0.5, 0.6) is 0 Å². The second-order valence-electron chi connectivity index (χ2n) is 5.98. The minimum Gasteiger partial charge on any atom is -0.423 e. The van der Waals surface area contributed by atoms with Crippen molar-refractivity contribution in [2.45, 2.75) is 32.8 Å². The molecule has 0 saturated carbocycles. The molecule has 6 heteroatoms. The van der Waals surface area contributed by atoms with Crippen LogP contribution < -0.4 is 16.3 Å². The number of aliphatic hydroxyl groups is 1. The summed E-state index contributed by atoms with van der Waals surface area (Å²) < 4.78 is 5.04. The first-order valence-corrected chi connectivity index (χ1v) is 7.63. The van der Waals surface area contributed by atoms with E-state index in [1.807, 2.05) is 13.8 Å². The van der Waals surface area contributed by atoms with Crippen molar-refractivity contribution in [2.75, 3.05) is 11.9 Å². The number of benzene rings is 1. The fourth-order valence-electron chi connectivity index (χ4n) is 2.20. The average Bonchev–Trinajstić information content (AvgIpc) is 2.52. The Balaban J connectivity index is 2.00. The third-order valence-corrected chi connectivity index (χ3v) is 4.16. The van der Waals surface area contributed by atoms with E-state index >= 15 is 0 Å². The lowest BCUT2D eigenvalue weighted by Crippen LogP contribution is -2.46. The summed E-state index contributed by atoms with van der Waals surface area (Å²) in [4.78, 5) is 23.1. The second kappa shape index (κ2) is 6.83. The van der Waals surface area contributed by atoms with Crippen LogP contribution in [-0.2, 0) is 0 Å². The van der Waals surface area contributed by atoms with Crippen molar-refractivity contribution in [1.82, 2.24) is 5.32 Å². The number of carbonyl (C=O) groups excluding carboxylic acids is 1. The van der Waals surface area contributed by atoms with Gasteiger partial charge in [0.15, 0.2) is 0 Å². The Labute approximate surface area is 134 Å². The summed E-state index contributed by atoms with van der Waals surface area (Å²) in [6.45, 7) is 5.80. The number of carbonyl (C=O) groups is 1. The lowest BCUT2D eigenvalue weighted by atomic mass is 9.89. The first-order chi connectivity index (χ1) is 10.8. The number of amides is 2. The molecule has 2 rings (SSSR count). The second-order valence-corrected chi connectivity index (χ2v) is 5.98. The summed E-state index contributed by atoms with van der Waals surface area (Å²) >= 11 is 0. The third kappa shape index (κ3) is 4.32. The van der Waals surface area contributed by atoms with Gasteiger partial charge < -0.3 is 20.2 Å².